The lowest BCUT2D eigenvalue weighted by molar-refractivity contribution is -0.146. The Labute approximate surface area is 122 Å². The molecule has 0 saturated heterocycles. The Morgan fingerprint density at radius 1 is 1.00 bits per heavy atom. The van der Waals surface area contributed by atoms with Gasteiger partial charge >= 0.3 is 17.9 Å². The number of benzene rings is 1. The molecule has 0 amide bonds. The number of hydrogen-bond donors (Lipinski definition) is 1. The van der Waals surface area contributed by atoms with Crippen LogP contribution in [0.25, 0.3) is 0 Å². The molecule has 0 spiro atoms. The third-order valence-corrected chi connectivity index (χ3v) is 2.37. The second-order valence-electron chi connectivity index (χ2n) is 4.23. The van der Waals surface area contributed by atoms with Gasteiger partial charge < -0.3 is 19.9 Å². The Bertz CT molecular complexity index is 554. The Hall–Kier alpha value is -2.41. The minimum Gasteiger partial charge on any atom is -0.456 e. The first-order valence-electron chi connectivity index (χ1n) is 6.21. The molecule has 0 saturated carbocycles. The van der Waals surface area contributed by atoms with Crippen molar-refractivity contribution in [3.8, 4) is 11.5 Å². The van der Waals surface area contributed by atoms with Crippen molar-refractivity contribution in [2.75, 3.05) is 6.54 Å². The summed E-state index contributed by atoms with van der Waals surface area (Å²) in [5.74, 6) is -1.45. The van der Waals surface area contributed by atoms with Gasteiger partial charge in [-0.05, 0) is 17.7 Å². The fourth-order valence-corrected chi connectivity index (χ4v) is 1.65. The Kier molecular flexibility index (Phi) is 5.86. The lowest BCUT2D eigenvalue weighted by Crippen LogP contribution is -2.18. The molecular formula is C14H17NO6. The van der Waals surface area contributed by atoms with E-state index in [-0.39, 0.29) is 18.0 Å². The largest absolute Gasteiger partial charge is 0.456 e. The molecule has 0 bridgehead atoms. The van der Waals surface area contributed by atoms with Crippen LogP contribution in [-0.2, 0) is 19.1 Å². The van der Waals surface area contributed by atoms with Crippen molar-refractivity contribution in [3.05, 3.63) is 23.8 Å². The molecule has 7 nitrogen and oxygen atoms in total. The van der Waals surface area contributed by atoms with E-state index in [0.29, 0.717) is 5.56 Å². The van der Waals surface area contributed by atoms with Gasteiger partial charge in [-0.2, -0.15) is 0 Å². The van der Waals surface area contributed by atoms with E-state index < -0.39 is 24.0 Å². The van der Waals surface area contributed by atoms with Crippen molar-refractivity contribution >= 4 is 17.9 Å². The first kappa shape index (κ1) is 16.6. The molecule has 0 fully saturated rings. The summed E-state index contributed by atoms with van der Waals surface area (Å²) in [4.78, 5) is 33.2. The number of carbonyl (C=O) groups excluding carboxylic acids is 3. The summed E-state index contributed by atoms with van der Waals surface area (Å²) >= 11 is 0. The van der Waals surface area contributed by atoms with Crippen molar-refractivity contribution in [1.82, 2.24) is 0 Å². The average Bonchev–Trinajstić information content (AvgIpc) is 2.36. The van der Waals surface area contributed by atoms with Crippen LogP contribution >= 0.6 is 0 Å². The molecule has 0 heterocycles. The molecule has 1 aromatic carbocycles. The maximum atomic E-state index is 11.1. The quantitative estimate of drug-likeness (QED) is 0.640. The molecule has 0 radical (unpaired) electrons. The Balaban J connectivity index is 3.15. The summed E-state index contributed by atoms with van der Waals surface area (Å²) in [6.07, 6.45) is -0.678. The summed E-state index contributed by atoms with van der Waals surface area (Å²) in [6, 6.07) is 4.47. The number of carbonyl (C=O) groups is 3. The highest BCUT2D eigenvalue weighted by Gasteiger charge is 2.17. The van der Waals surface area contributed by atoms with E-state index >= 15 is 0 Å². The van der Waals surface area contributed by atoms with E-state index in [1.165, 1.54) is 32.9 Å². The molecule has 114 valence electrons. The van der Waals surface area contributed by atoms with Gasteiger partial charge in [-0.15, -0.1) is 0 Å². The summed E-state index contributed by atoms with van der Waals surface area (Å²) in [5, 5.41) is 0. The second kappa shape index (κ2) is 7.39. The smallest absolute Gasteiger partial charge is 0.308 e. The molecule has 2 N–H and O–H groups in total. The van der Waals surface area contributed by atoms with E-state index in [0.717, 1.165) is 0 Å². The van der Waals surface area contributed by atoms with Gasteiger partial charge in [-0.3, -0.25) is 14.4 Å². The number of esters is 3. The van der Waals surface area contributed by atoms with Crippen molar-refractivity contribution < 1.29 is 28.6 Å². The molecule has 0 aliphatic heterocycles. The highest BCUT2D eigenvalue weighted by molar-refractivity contribution is 5.73. The number of hydrogen-bond acceptors (Lipinski definition) is 7. The fraction of sp³-hybridized carbons (Fsp3) is 0.357. The second-order valence-corrected chi connectivity index (χ2v) is 4.23. The summed E-state index contributed by atoms with van der Waals surface area (Å²) < 4.78 is 15.0. The van der Waals surface area contributed by atoms with Gasteiger partial charge in [0.25, 0.3) is 0 Å². The van der Waals surface area contributed by atoms with E-state index in [9.17, 15) is 14.4 Å². The maximum Gasteiger partial charge on any atom is 0.308 e. The van der Waals surface area contributed by atoms with Crippen LogP contribution in [0.3, 0.4) is 0 Å². The van der Waals surface area contributed by atoms with Gasteiger partial charge in [-0.25, -0.2) is 0 Å². The van der Waals surface area contributed by atoms with Crippen molar-refractivity contribution in [2.45, 2.75) is 26.9 Å². The predicted molar refractivity (Wildman–Crippen MR) is 72.6 cm³/mol. The highest BCUT2D eigenvalue weighted by atomic mass is 16.6. The van der Waals surface area contributed by atoms with Gasteiger partial charge in [0.15, 0.2) is 11.5 Å². The molecule has 7 heteroatoms. The van der Waals surface area contributed by atoms with Gasteiger partial charge in [0.2, 0.25) is 0 Å². The van der Waals surface area contributed by atoms with Gasteiger partial charge in [0, 0.05) is 27.3 Å². The predicted octanol–water partition coefficient (Wildman–Crippen LogP) is 1.10. The van der Waals surface area contributed by atoms with E-state index in [1.54, 1.807) is 6.07 Å². The summed E-state index contributed by atoms with van der Waals surface area (Å²) in [6.45, 7) is 3.78. The van der Waals surface area contributed by atoms with Crippen LogP contribution in [0.1, 0.15) is 32.4 Å². The van der Waals surface area contributed by atoms with Gasteiger partial charge in [-0.1, -0.05) is 6.07 Å². The lowest BCUT2D eigenvalue weighted by Gasteiger charge is -2.17. The third kappa shape index (κ3) is 5.23. The van der Waals surface area contributed by atoms with Gasteiger partial charge in [0.1, 0.15) is 6.10 Å². The number of nitrogens with two attached hydrogens (primary N) is 1. The van der Waals surface area contributed by atoms with Gasteiger partial charge in [0.05, 0.1) is 0 Å². The van der Waals surface area contributed by atoms with Crippen LogP contribution in [0, 0.1) is 0 Å². The normalized spacial score (nSPS) is 11.4. The molecule has 0 aliphatic carbocycles. The molecule has 1 aromatic rings. The zero-order valence-corrected chi connectivity index (χ0v) is 12.0. The van der Waals surface area contributed by atoms with Crippen molar-refractivity contribution in [3.63, 3.8) is 0 Å². The fourth-order valence-electron chi connectivity index (χ4n) is 1.65. The van der Waals surface area contributed by atoms with E-state index in [2.05, 4.69) is 0 Å². The van der Waals surface area contributed by atoms with Crippen LogP contribution in [0.2, 0.25) is 0 Å². The first-order chi connectivity index (χ1) is 9.83. The van der Waals surface area contributed by atoms with Crippen LogP contribution in [0.5, 0.6) is 11.5 Å². The Morgan fingerprint density at radius 3 is 2.05 bits per heavy atom. The molecule has 0 aliphatic rings. The molecule has 21 heavy (non-hydrogen) atoms. The monoisotopic (exact) mass is 295 g/mol. The van der Waals surface area contributed by atoms with Crippen molar-refractivity contribution in [2.24, 2.45) is 5.73 Å². The Morgan fingerprint density at radius 2 is 1.57 bits per heavy atom. The molecule has 1 atom stereocenters. The summed E-state index contributed by atoms with van der Waals surface area (Å²) in [7, 11) is 0. The maximum absolute atomic E-state index is 11.1. The molecular weight excluding hydrogens is 278 g/mol. The number of ether oxygens (including phenoxy) is 3. The van der Waals surface area contributed by atoms with Crippen LogP contribution < -0.4 is 15.2 Å². The standard InChI is InChI=1S/C14H17NO6/c1-8(16)19-12-5-4-11(6-13(12)20-9(2)17)14(7-15)21-10(3)18/h4-6,14H,7,15H2,1-3H3/t14-/m0/s1. The van der Waals surface area contributed by atoms with Crippen LogP contribution in [0.15, 0.2) is 18.2 Å². The third-order valence-electron chi connectivity index (χ3n) is 2.37. The van der Waals surface area contributed by atoms with E-state index in [1.807, 2.05) is 0 Å². The minimum absolute atomic E-state index is 0.0563. The average molecular weight is 295 g/mol. The lowest BCUT2D eigenvalue weighted by atomic mass is 10.1. The SMILES string of the molecule is CC(=O)Oc1ccc([C@H](CN)OC(C)=O)cc1OC(C)=O. The van der Waals surface area contributed by atoms with Crippen LogP contribution in [0.4, 0.5) is 0 Å². The molecule has 1 rings (SSSR count). The zero-order chi connectivity index (χ0) is 16.0. The topological polar surface area (TPSA) is 105 Å². The summed E-state index contributed by atoms with van der Waals surface area (Å²) in [5.41, 5.74) is 6.08. The van der Waals surface area contributed by atoms with E-state index in [4.69, 9.17) is 19.9 Å². The first-order valence-corrected chi connectivity index (χ1v) is 6.21. The van der Waals surface area contributed by atoms with Crippen LogP contribution in [-0.4, -0.2) is 24.5 Å². The van der Waals surface area contributed by atoms with Crippen molar-refractivity contribution in [1.29, 1.82) is 0 Å². The zero-order valence-electron chi connectivity index (χ0n) is 12.0. The molecule has 0 unspecified atom stereocenters. The molecule has 0 aromatic heterocycles. The highest BCUT2D eigenvalue weighted by Crippen LogP contribution is 2.31. The minimum atomic E-state index is -0.678. The number of rotatable bonds is 5.